The fourth-order valence-electron chi connectivity index (χ4n) is 2.08. The van der Waals surface area contributed by atoms with Crippen LogP contribution in [0.25, 0.3) is 0 Å². The minimum absolute atomic E-state index is 0.155. The Morgan fingerprint density at radius 3 is 2.76 bits per heavy atom. The predicted molar refractivity (Wildman–Crippen MR) is 97.9 cm³/mol. The molecule has 0 aliphatic rings. The first-order valence-corrected chi connectivity index (χ1v) is 7.86. The highest BCUT2D eigenvalue weighted by molar-refractivity contribution is 6.46. The summed E-state index contributed by atoms with van der Waals surface area (Å²) in [4.78, 5) is 22.1. The van der Waals surface area contributed by atoms with Gasteiger partial charge in [-0.05, 0) is 17.7 Å². The summed E-state index contributed by atoms with van der Waals surface area (Å²) in [5, 5.41) is 10.9. The Bertz CT molecular complexity index is 791. The molecule has 0 heterocycles. The van der Waals surface area contributed by atoms with Crippen molar-refractivity contribution in [1.82, 2.24) is 5.32 Å². The summed E-state index contributed by atoms with van der Waals surface area (Å²) < 4.78 is 0. The number of rotatable bonds is 7. The third-order valence-electron chi connectivity index (χ3n) is 3.23. The number of likely N-dealkylation sites (N-methyl/N-ethyl adjacent to an activating group) is 1. The average Bonchev–Trinajstić information content (AvgIpc) is 2.63. The maximum atomic E-state index is 12.0. The van der Waals surface area contributed by atoms with Gasteiger partial charge in [0, 0.05) is 23.2 Å². The van der Waals surface area contributed by atoms with Crippen LogP contribution in [0.4, 0.5) is 0 Å². The molecule has 1 N–H and O–H groups in total. The molecule has 6 nitrogen and oxygen atoms in total. The van der Waals surface area contributed by atoms with Crippen molar-refractivity contribution in [1.29, 1.82) is 0 Å². The SMILES string of the molecule is CNC(=O)C(=NOC)c1ccccc1C=NOCc1cccc(Cl)c1. The van der Waals surface area contributed by atoms with Crippen LogP contribution in [-0.2, 0) is 21.1 Å². The Balaban J connectivity index is 2.14. The Morgan fingerprint density at radius 1 is 1.24 bits per heavy atom. The van der Waals surface area contributed by atoms with E-state index in [2.05, 4.69) is 15.6 Å². The second-order valence-electron chi connectivity index (χ2n) is 4.93. The van der Waals surface area contributed by atoms with Crippen molar-refractivity contribution in [2.75, 3.05) is 14.2 Å². The molecule has 0 aliphatic heterocycles. The molecule has 0 atom stereocenters. The van der Waals surface area contributed by atoms with Crippen LogP contribution in [-0.4, -0.2) is 32.0 Å². The first-order valence-electron chi connectivity index (χ1n) is 7.48. The Kier molecular flexibility index (Phi) is 6.98. The van der Waals surface area contributed by atoms with Crippen molar-refractivity contribution in [2.24, 2.45) is 10.3 Å². The van der Waals surface area contributed by atoms with E-state index < -0.39 is 0 Å². The number of nitrogens with one attached hydrogen (secondary N) is 1. The van der Waals surface area contributed by atoms with Crippen LogP contribution in [0, 0.1) is 0 Å². The van der Waals surface area contributed by atoms with Gasteiger partial charge in [0.05, 0.1) is 6.21 Å². The van der Waals surface area contributed by atoms with Gasteiger partial charge >= 0.3 is 0 Å². The minimum atomic E-state index is -0.359. The standard InChI is InChI=1S/C18H18ClN3O3/c1-20-18(23)17(22-24-2)16-9-4-3-7-14(16)11-21-25-12-13-6-5-8-15(19)10-13/h3-11H,12H2,1-2H3,(H,20,23). The summed E-state index contributed by atoms with van der Waals surface area (Å²) in [5.41, 5.74) is 2.32. The Morgan fingerprint density at radius 2 is 2.04 bits per heavy atom. The molecule has 0 radical (unpaired) electrons. The molecule has 0 fully saturated rings. The average molecular weight is 360 g/mol. The van der Waals surface area contributed by atoms with Crippen LogP contribution in [0.3, 0.4) is 0 Å². The number of halogens is 1. The van der Waals surface area contributed by atoms with Gasteiger partial charge in [0.15, 0.2) is 5.71 Å². The lowest BCUT2D eigenvalue weighted by atomic mass is 10.0. The van der Waals surface area contributed by atoms with Crippen LogP contribution in [0.1, 0.15) is 16.7 Å². The molecule has 2 aromatic rings. The van der Waals surface area contributed by atoms with Crippen molar-refractivity contribution in [3.8, 4) is 0 Å². The summed E-state index contributed by atoms with van der Waals surface area (Å²) in [5.74, 6) is -0.359. The quantitative estimate of drug-likeness (QED) is 0.610. The molecule has 25 heavy (non-hydrogen) atoms. The normalized spacial score (nSPS) is 11.4. The molecule has 0 aliphatic carbocycles. The number of carbonyl (C=O) groups excluding carboxylic acids is 1. The second kappa shape index (κ2) is 9.44. The third-order valence-corrected chi connectivity index (χ3v) is 3.46. The number of nitrogens with zero attached hydrogens (tertiary/aromatic N) is 2. The number of oxime groups is 2. The van der Waals surface area contributed by atoms with Gasteiger partial charge in [0.25, 0.3) is 5.91 Å². The fraction of sp³-hybridized carbons (Fsp3) is 0.167. The highest BCUT2D eigenvalue weighted by atomic mass is 35.5. The highest BCUT2D eigenvalue weighted by Crippen LogP contribution is 2.12. The molecule has 130 valence electrons. The molecular formula is C18H18ClN3O3. The molecule has 0 saturated heterocycles. The summed E-state index contributed by atoms with van der Waals surface area (Å²) >= 11 is 5.93. The van der Waals surface area contributed by atoms with E-state index in [1.54, 1.807) is 30.3 Å². The van der Waals surface area contributed by atoms with Crippen LogP contribution < -0.4 is 5.32 Å². The van der Waals surface area contributed by atoms with Gasteiger partial charge in [0.1, 0.15) is 13.7 Å². The second-order valence-corrected chi connectivity index (χ2v) is 5.36. The van der Waals surface area contributed by atoms with Crippen molar-refractivity contribution in [3.63, 3.8) is 0 Å². The minimum Gasteiger partial charge on any atom is -0.398 e. The van der Waals surface area contributed by atoms with Gasteiger partial charge in [-0.1, -0.05) is 58.3 Å². The van der Waals surface area contributed by atoms with Crippen LogP contribution >= 0.6 is 11.6 Å². The molecule has 2 aromatic carbocycles. The molecule has 0 saturated carbocycles. The molecule has 0 spiro atoms. The Labute approximate surface area is 151 Å². The van der Waals surface area contributed by atoms with Crippen molar-refractivity contribution >= 4 is 29.4 Å². The molecular weight excluding hydrogens is 342 g/mol. The van der Waals surface area contributed by atoms with E-state index in [4.69, 9.17) is 21.3 Å². The largest absolute Gasteiger partial charge is 0.398 e. The molecule has 0 bridgehead atoms. The topological polar surface area (TPSA) is 72.3 Å². The van der Waals surface area contributed by atoms with E-state index in [1.165, 1.54) is 20.4 Å². The van der Waals surface area contributed by atoms with Gasteiger partial charge in [-0.25, -0.2) is 0 Å². The molecule has 2 rings (SSSR count). The zero-order valence-corrected chi connectivity index (χ0v) is 14.7. The lowest BCUT2D eigenvalue weighted by Gasteiger charge is -2.07. The number of hydrogen-bond acceptors (Lipinski definition) is 5. The smallest absolute Gasteiger partial charge is 0.273 e. The van der Waals surface area contributed by atoms with Gasteiger partial charge in [-0.3, -0.25) is 4.79 Å². The van der Waals surface area contributed by atoms with Gasteiger partial charge in [0.2, 0.25) is 0 Å². The van der Waals surface area contributed by atoms with E-state index in [1.807, 2.05) is 18.2 Å². The van der Waals surface area contributed by atoms with Crippen molar-refractivity contribution < 1.29 is 14.5 Å². The first kappa shape index (κ1) is 18.5. The third kappa shape index (κ3) is 5.32. The Hall–Kier alpha value is -2.86. The molecule has 7 heteroatoms. The van der Waals surface area contributed by atoms with Crippen LogP contribution in [0.15, 0.2) is 58.8 Å². The van der Waals surface area contributed by atoms with Crippen molar-refractivity contribution in [2.45, 2.75) is 6.61 Å². The first-order chi connectivity index (χ1) is 12.2. The summed E-state index contributed by atoms with van der Waals surface area (Å²) in [6.07, 6.45) is 1.52. The van der Waals surface area contributed by atoms with Crippen LogP contribution in [0.5, 0.6) is 0 Å². The fourth-order valence-corrected chi connectivity index (χ4v) is 2.29. The molecule has 0 unspecified atom stereocenters. The van der Waals surface area contributed by atoms with Gasteiger partial charge in [-0.15, -0.1) is 0 Å². The maximum absolute atomic E-state index is 12.0. The zero-order valence-electron chi connectivity index (χ0n) is 13.9. The number of hydrogen-bond donors (Lipinski definition) is 1. The van der Waals surface area contributed by atoms with Gasteiger partial charge < -0.3 is 15.0 Å². The van der Waals surface area contributed by atoms with Crippen molar-refractivity contribution in [3.05, 3.63) is 70.2 Å². The molecule has 1 amide bonds. The van der Waals surface area contributed by atoms with E-state index in [0.29, 0.717) is 16.1 Å². The van der Waals surface area contributed by atoms with E-state index in [9.17, 15) is 4.79 Å². The van der Waals surface area contributed by atoms with Crippen LogP contribution in [0.2, 0.25) is 5.02 Å². The summed E-state index contributed by atoms with van der Waals surface area (Å²) in [7, 11) is 2.91. The van der Waals surface area contributed by atoms with Gasteiger partial charge in [-0.2, -0.15) is 0 Å². The predicted octanol–water partition coefficient (Wildman–Crippen LogP) is 2.99. The monoisotopic (exact) mass is 359 g/mol. The summed E-state index contributed by atoms with van der Waals surface area (Å²) in [6.45, 7) is 0.285. The van der Waals surface area contributed by atoms with E-state index in [-0.39, 0.29) is 18.2 Å². The lowest BCUT2D eigenvalue weighted by molar-refractivity contribution is -0.114. The summed E-state index contributed by atoms with van der Waals surface area (Å²) in [6, 6.07) is 14.5. The van der Waals surface area contributed by atoms with E-state index >= 15 is 0 Å². The number of amides is 1. The molecule has 0 aromatic heterocycles. The number of carbonyl (C=O) groups is 1. The van der Waals surface area contributed by atoms with E-state index in [0.717, 1.165) is 5.56 Å². The lowest BCUT2D eigenvalue weighted by Crippen LogP contribution is -2.29. The maximum Gasteiger partial charge on any atom is 0.273 e. The highest BCUT2D eigenvalue weighted by Gasteiger charge is 2.16. The zero-order chi connectivity index (χ0) is 18.1. The number of benzene rings is 2.